The van der Waals surface area contributed by atoms with Gasteiger partial charge in [-0.15, -0.1) is 10.2 Å². The van der Waals surface area contributed by atoms with Crippen LogP contribution in [0.1, 0.15) is 35.7 Å². The summed E-state index contributed by atoms with van der Waals surface area (Å²) in [7, 11) is 0. The Hall–Kier alpha value is -1.98. The molecule has 0 amide bonds. The van der Waals surface area contributed by atoms with Crippen LogP contribution < -0.4 is 0 Å². The van der Waals surface area contributed by atoms with Gasteiger partial charge in [-0.1, -0.05) is 77.9 Å². The maximum Gasteiger partial charge on any atom is 0.173 e. The summed E-state index contributed by atoms with van der Waals surface area (Å²) in [6.45, 7) is 4.28. The van der Waals surface area contributed by atoms with Crippen LogP contribution >= 0.6 is 27.7 Å². The van der Waals surface area contributed by atoms with E-state index >= 15 is 0 Å². The van der Waals surface area contributed by atoms with E-state index < -0.39 is 0 Å². The van der Waals surface area contributed by atoms with E-state index in [1.807, 2.05) is 60.7 Å². The van der Waals surface area contributed by atoms with Crippen molar-refractivity contribution in [2.24, 2.45) is 0 Å². The van der Waals surface area contributed by atoms with Crippen molar-refractivity contribution < 1.29 is 4.79 Å². The van der Waals surface area contributed by atoms with Crippen LogP contribution in [0.4, 0.5) is 0 Å². The molecule has 0 aliphatic carbocycles. The van der Waals surface area contributed by atoms with Crippen LogP contribution in [0.25, 0.3) is 11.3 Å². The molecule has 26 heavy (non-hydrogen) atoms. The van der Waals surface area contributed by atoms with Crippen LogP contribution in [0.3, 0.4) is 0 Å². The molecule has 0 saturated heterocycles. The first kappa shape index (κ1) is 18.8. The Kier molecular flexibility index (Phi) is 6.22. The van der Waals surface area contributed by atoms with Gasteiger partial charge in [-0.3, -0.25) is 4.79 Å². The van der Waals surface area contributed by atoms with Gasteiger partial charge in [0.05, 0.1) is 11.4 Å². The Morgan fingerprint density at radius 2 is 1.65 bits per heavy atom. The molecule has 0 spiro atoms. The minimum atomic E-state index is 0.101. The van der Waals surface area contributed by atoms with Gasteiger partial charge in [-0.2, -0.15) is 0 Å². The number of aromatic nitrogens is 2. The summed E-state index contributed by atoms with van der Waals surface area (Å²) in [4.78, 5) is 12.3. The normalized spacial score (nSPS) is 10.9. The third-order valence-electron chi connectivity index (χ3n) is 4.03. The van der Waals surface area contributed by atoms with E-state index in [2.05, 4.69) is 40.0 Å². The summed E-state index contributed by atoms with van der Waals surface area (Å²) in [5, 5.41) is 9.24. The number of nitrogens with zero attached hydrogens (tertiary/aromatic N) is 2. The van der Waals surface area contributed by atoms with E-state index in [0.29, 0.717) is 11.7 Å². The molecule has 0 fully saturated rings. The molecule has 0 atom stereocenters. The summed E-state index contributed by atoms with van der Waals surface area (Å²) < 4.78 is 1.03. The largest absolute Gasteiger partial charge is 0.293 e. The van der Waals surface area contributed by atoms with Crippen molar-refractivity contribution in [3.8, 4) is 11.3 Å². The van der Waals surface area contributed by atoms with Crippen LogP contribution in [-0.2, 0) is 0 Å². The zero-order valence-corrected chi connectivity index (χ0v) is 17.0. The van der Waals surface area contributed by atoms with Crippen LogP contribution in [-0.4, -0.2) is 21.7 Å². The summed E-state index contributed by atoms with van der Waals surface area (Å²) in [6.07, 6.45) is 0. The lowest BCUT2D eigenvalue weighted by Crippen LogP contribution is -2.03. The van der Waals surface area contributed by atoms with Crippen LogP contribution in [0, 0.1) is 0 Å². The average Bonchev–Trinajstić information content (AvgIpc) is 2.67. The number of thioether (sulfide) groups is 1. The summed E-state index contributed by atoms with van der Waals surface area (Å²) >= 11 is 4.83. The number of halogens is 1. The van der Waals surface area contributed by atoms with Crippen molar-refractivity contribution in [1.82, 2.24) is 10.2 Å². The van der Waals surface area contributed by atoms with Crippen molar-refractivity contribution in [2.45, 2.75) is 24.8 Å². The van der Waals surface area contributed by atoms with E-state index in [1.165, 1.54) is 17.3 Å². The predicted octanol–water partition coefficient (Wildman–Crippen LogP) is 6.00. The molecule has 0 radical (unpaired) electrons. The van der Waals surface area contributed by atoms with Gasteiger partial charge < -0.3 is 0 Å². The monoisotopic (exact) mass is 426 g/mol. The Balaban J connectivity index is 1.60. The van der Waals surface area contributed by atoms with E-state index in [9.17, 15) is 4.79 Å². The fourth-order valence-electron chi connectivity index (χ4n) is 2.45. The van der Waals surface area contributed by atoms with Gasteiger partial charge >= 0.3 is 0 Å². The molecule has 3 aromatic rings. The molecule has 0 bridgehead atoms. The molecule has 0 unspecified atom stereocenters. The quantitative estimate of drug-likeness (QED) is 0.357. The zero-order chi connectivity index (χ0) is 18.5. The first-order chi connectivity index (χ1) is 12.5. The number of hydrogen-bond donors (Lipinski definition) is 0. The van der Waals surface area contributed by atoms with Gasteiger partial charge in [-0.05, 0) is 35.7 Å². The van der Waals surface area contributed by atoms with Gasteiger partial charge in [0.2, 0.25) is 0 Å². The molecule has 2 aromatic carbocycles. The molecular weight excluding hydrogens is 408 g/mol. The van der Waals surface area contributed by atoms with E-state index in [1.54, 1.807) is 0 Å². The first-order valence-electron chi connectivity index (χ1n) is 8.38. The maximum atomic E-state index is 12.3. The highest BCUT2D eigenvalue weighted by Gasteiger charge is 2.09. The third kappa shape index (κ3) is 4.80. The molecule has 3 nitrogen and oxygen atoms in total. The molecule has 3 rings (SSSR count). The van der Waals surface area contributed by atoms with Gasteiger partial charge in [0.1, 0.15) is 5.03 Å². The highest BCUT2D eigenvalue weighted by molar-refractivity contribution is 9.10. The number of carbonyl (C=O) groups is 1. The van der Waals surface area contributed by atoms with Crippen molar-refractivity contribution >= 4 is 33.5 Å². The van der Waals surface area contributed by atoms with Crippen molar-refractivity contribution in [1.29, 1.82) is 0 Å². The lowest BCUT2D eigenvalue weighted by molar-refractivity contribution is 0.102. The second-order valence-electron chi connectivity index (χ2n) is 6.25. The van der Waals surface area contributed by atoms with Crippen molar-refractivity contribution in [3.63, 3.8) is 0 Å². The van der Waals surface area contributed by atoms with E-state index in [0.717, 1.165) is 26.3 Å². The Morgan fingerprint density at radius 1 is 0.962 bits per heavy atom. The Bertz CT molecular complexity index is 875. The molecule has 1 heterocycles. The molecule has 132 valence electrons. The lowest BCUT2D eigenvalue weighted by atomic mass is 10.0. The highest BCUT2D eigenvalue weighted by Crippen LogP contribution is 2.22. The van der Waals surface area contributed by atoms with Crippen molar-refractivity contribution in [3.05, 3.63) is 76.3 Å². The lowest BCUT2D eigenvalue weighted by Gasteiger charge is -2.06. The number of ketones is 1. The predicted molar refractivity (Wildman–Crippen MR) is 111 cm³/mol. The van der Waals surface area contributed by atoms with Gasteiger partial charge in [0.15, 0.2) is 5.78 Å². The molecule has 1 aromatic heterocycles. The highest BCUT2D eigenvalue weighted by atomic mass is 79.9. The summed E-state index contributed by atoms with van der Waals surface area (Å²) in [5.74, 6) is 0.921. The number of rotatable bonds is 6. The maximum absolute atomic E-state index is 12.3. The molecular formula is C21H19BrN2OS. The molecule has 0 aliphatic heterocycles. The second-order valence-corrected chi connectivity index (χ2v) is 8.16. The number of hydrogen-bond acceptors (Lipinski definition) is 4. The average molecular weight is 427 g/mol. The number of carbonyl (C=O) groups excluding carboxylic acids is 1. The van der Waals surface area contributed by atoms with E-state index in [-0.39, 0.29) is 5.78 Å². The minimum Gasteiger partial charge on any atom is -0.293 e. The van der Waals surface area contributed by atoms with E-state index in [4.69, 9.17) is 0 Å². The number of benzene rings is 2. The molecule has 5 heteroatoms. The number of Topliss-reactive ketones (excluding diaryl/α,β-unsaturated/α-hetero) is 1. The van der Waals surface area contributed by atoms with Crippen LogP contribution in [0.15, 0.2) is 70.2 Å². The standard InChI is InChI=1S/C21H19BrN2OS/c1-14(2)15-3-5-17(6-4-15)20(25)13-26-21-12-11-19(23-24-21)16-7-9-18(22)10-8-16/h3-12,14H,13H2,1-2H3. The van der Waals surface area contributed by atoms with Gasteiger partial charge in [0.25, 0.3) is 0 Å². The Labute approximate surface area is 166 Å². The third-order valence-corrected chi connectivity index (χ3v) is 5.48. The second kappa shape index (κ2) is 8.60. The molecule has 0 saturated carbocycles. The smallest absolute Gasteiger partial charge is 0.173 e. The topological polar surface area (TPSA) is 42.9 Å². The SMILES string of the molecule is CC(C)c1ccc(C(=O)CSc2ccc(-c3ccc(Br)cc3)nn2)cc1. The van der Waals surface area contributed by atoms with Gasteiger partial charge in [-0.25, -0.2) is 0 Å². The fourth-order valence-corrected chi connectivity index (χ4v) is 3.42. The van der Waals surface area contributed by atoms with Crippen molar-refractivity contribution in [2.75, 3.05) is 5.75 Å². The Morgan fingerprint density at radius 3 is 2.23 bits per heavy atom. The molecule has 0 aliphatic rings. The molecule has 0 N–H and O–H groups in total. The minimum absolute atomic E-state index is 0.101. The van der Waals surface area contributed by atoms with Gasteiger partial charge in [0, 0.05) is 15.6 Å². The van der Waals surface area contributed by atoms with Crippen LogP contribution in [0.2, 0.25) is 0 Å². The zero-order valence-electron chi connectivity index (χ0n) is 14.6. The fraction of sp³-hybridized carbons (Fsp3) is 0.190. The summed E-state index contributed by atoms with van der Waals surface area (Å²) in [6, 6.07) is 19.6. The first-order valence-corrected chi connectivity index (χ1v) is 10.2. The van der Waals surface area contributed by atoms with Crippen LogP contribution in [0.5, 0.6) is 0 Å². The summed E-state index contributed by atoms with van der Waals surface area (Å²) in [5.41, 5.74) is 3.81.